The van der Waals surface area contributed by atoms with Gasteiger partial charge in [0.1, 0.15) is 36.5 Å². The van der Waals surface area contributed by atoms with Gasteiger partial charge in [-0.2, -0.15) is 0 Å². The van der Waals surface area contributed by atoms with Crippen LogP contribution < -0.4 is 40.2 Å². The Labute approximate surface area is 720 Å². The number of aromatic nitrogens is 17. The minimum absolute atomic E-state index is 0.183. The molecular formula is C76H85ClF3N25O16S4. The van der Waals surface area contributed by atoms with E-state index < -0.39 is 108 Å². The van der Waals surface area contributed by atoms with E-state index >= 15 is 0 Å². The molecule has 12 rings (SSSR count). The molecule has 9 aromatic heterocycles. The van der Waals surface area contributed by atoms with Gasteiger partial charge in [0.05, 0.1) is 94.3 Å². The molecule has 662 valence electrons. The van der Waals surface area contributed by atoms with Crippen LogP contribution >= 0.6 is 11.6 Å². The van der Waals surface area contributed by atoms with Gasteiger partial charge in [-0.1, -0.05) is 116 Å². The number of anilines is 8. The zero-order chi connectivity index (χ0) is 91.6. The van der Waals surface area contributed by atoms with Crippen molar-refractivity contribution in [1.82, 2.24) is 84.9 Å². The van der Waals surface area contributed by atoms with E-state index in [0.29, 0.717) is 73.5 Å². The second kappa shape index (κ2) is 41.3. The Bertz CT molecular complexity index is 6390. The van der Waals surface area contributed by atoms with Crippen LogP contribution in [0.2, 0.25) is 5.15 Å². The molecule has 0 radical (unpaired) electrons. The number of hydrogen-bond donors (Lipinski definition) is 8. The molecular weight excluding hydrogens is 1740 g/mol. The average molecular weight is 1830 g/mol. The van der Waals surface area contributed by atoms with E-state index in [1.165, 1.54) is 73.7 Å². The summed E-state index contributed by atoms with van der Waals surface area (Å²) in [5.41, 5.74) is 8.65. The van der Waals surface area contributed by atoms with Crippen molar-refractivity contribution in [3.05, 3.63) is 207 Å². The van der Waals surface area contributed by atoms with Crippen LogP contribution in [0.3, 0.4) is 0 Å². The van der Waals surface area contributed by atoms with Gasteiger partial charge in [0.15, 0.2) is 58.3 Å². The molecule has 41 nitrogen and oxygen atoms in total. The molecule has 4 amide bonds. The zero-order valence-electron chi connectivity index (χ0n) is 69.4. The molecule has 0 aliphatic heterocycles. The molecule has 4 atom stereocenters. The van der Waals surface area contributed by atoms with Crippen molar-refractivity contribution in [1.29, 1.82) is 0 Å². The number of aryl methyl sites for hydroxylation is 9. The second-order valence-electron chi connectivity index (χ2n) is 27.5. The zero-order valence-corrected chi connectivity index (χ0v) is 73.4. The van der Waals surface area contributed by atoms with E-state index in [0.717, 1.165) is 36.1 Å². The van der Waals surface area contributed by atoms with E-state index in [9.17, 15) is 66.0 Å². The fraction of sp³-hybridized carbons (Fsp3) is 0.276. The lowest BCUT2D eigenvalue weighted by atomic mass is 10.1. The van der Waals surface area contributed by atoms with Crippen LogP contribution in [0.4, 0.5) is 78.4 Å². The first-order valence-corrected chi connectivity index (χ1v) is 44.7. The highest BCUT2D eigenvalue weighted by Crippen LogP contribution is 2.34. The molecule has 0 aliphatic rings. The lowest BCUT2D eigenvalue weighted by Gasteiger charge is -2.16. The quantitative estimate of drug-likeness (QED) is 0.0184. The monoisotopic (exact) mass is 1820 g/mol. The van der Waals surface area contributed by atoms with Gasteiger partial charge in [0, 0.05) is 45.5 Å². The van der Waals surface area contributed by atoms with Crippen LogP contribution in [0, 0.1) is 40.4 Å². The number of halogens is 4. The summed E-state index contributed by atoms with van der Waals surface area (Å²) in [5, 5.41) is 42.1. The summed E-state index contributed by atoms with van der Waals surface area (Å²) in [6.07, 6.45) is 1.38. The van der Waals surface area contributed by atoms with Crippen LogP contribution in [-0.2, 0) is 87.2 Å². The highest BCUT2D eigenvalue weighted by Gasteiger charge is 2.28. The SMILES string of the molecule is C[C@@H](OC(=O)Nc1c(-c2ccc(NS(C)(=O)=O)cn2)nnn1C)c1cccnc1Cl.Cc1cccc([C@@H](C)OC(=O)Nc2c(-c3ccc(NS(C)(=O)=O)c(C)n3)nnn2C)c1F.Cc1cccc([C@@H](CF)OC(=O)Nc2c(-c3ccc(NS(C)(=O)=O)c(C)n3)nnn2C)c1.Cc1cccc([C@@H](CF)OC(=O)Nc2c(-c3ccc(NS(C)(=O)=O)cn3)nnn2C)c1. The standard InChI is InChI=1S/2C20H23FN6O4S.C19H21FN6O4S.C17H18ClN7O4S/c1-11-7-6-8-14(17(11)21)13(3)31-20(28)23-19-18(24-26-27(19)4)16-10-9-15(12(2)22-16)25-32(5,29)30;1-12-6-5-7-14(10-12)17(11-21)31-20(28)23-19-18(24-26-27(19)3)16-9-8-15(13(2)22-16)25-32(4,29)30;1-12-5-4-6-13(9-12)16(10-20)30-19(27)22-18-17(23-25-26(18)2)15-8-7-14(11-21-15)24-31(3,28)29;1-10(12-5-4-8-19-15(12)18)29-17(26)21-16-14(22-24-25(16)2)13-7-6-11(9-20-13)23-30(3,27)28/h6-10,13,25H,1-5H3,(H,23,28);5-10,17,25H,11H2,1-4H3,(H,23,28);4-9,11,16,24H,10H2,1-3H3,(H,22,27);4-10,23H,1-3H3,(H,21,26)/t13-;17-;16-;10-/m1111/s1. The number of hydrogen-bond acceptors (Lipinski definition) is 29. The predicted molar refractivity (Wildman–Crippen MR) is 458 cm³/mol. The third kappa shape index (κ3) is 27.3. The Morgan fingerprint density at radius 2 is 0.760 bits per heavy atom. The lowest BCUT2D eigenvalue weighted by molar-refractivity contribution is 0.0924. The smallest absolute Gasteiger partial charge is 0.413 e. The van der Waals surface area contributed by atoms with Crippen molar-refractivity contribution in [2.75, 3.05) is 78.5 Å². The van der Waals surface area contributed by atoms with Gasteiger partial charge in [-0.3, -0.25) is 50.1 Å². The number of nitrogens with one attached hydrogen (secondary N) is 8. The second-order valence-corrected chi connectivity index (χ2v) is 34.9. The Morgan fingerprint density at radius 3 is 1.09 bits per heavy atom. The minimum atomic E-state index is -3.46. The molecule has 0 spiro atoms. The number of carbonyl (C=O) groups is 4. The Morgan fingerprint density at radius 1 is 0.424 bits per heavy atom. The highest BCUT2D eigenvalue weighted by molar-refractivity contribution is 7.92. The average Bonchev–Trinajstić information content (AvgIpc) is 1.73. The van der Waals surface area contributed by atoms with Gasteiger partial charge in [0.2, 0.25) is 40.1 Å². The molecule has 0 aliphatic carbocycles. The van der Waals surface area contributed by atoms with Crippen molar-refractivity contribution in [3.63, 3.8) is 0 Å². The summed E-state index contributed by atoms with van der Waals surface area (Å²) in [6, 6.07) is 34.6. The topological polar surface area (TPSA) is 525 Å². The number of pyridine rings is 5. The van der Waals surface area contributed by atoms with E-state index in [4.69, 9.17) is 30.5 Å². The summed E-state index contributed by atoms with van der Waals surface area (Å²) in [5.74, 6) is 0.400. The Kier molecular flexibility index (Phi) is 31.4. The minimum Gasteiger partial charge on any atom is -0.441 e. The first-order chi connectivity index (χ1) is 58.8. The molecule has 125 heavy (non-hydrogen) atoms. The molecule has 0 bridgehead atoms. The third-order valence-electron chi connectivity index (χ3n) is 17.1. The summed E-state index contributed by atoms with van der Waals surface area (Å²) in [7, 11) is -7.51. The molecule has 0 saturated heterocycles. The molecule has 3 aromatic carbocycles. The number of nitrogens with zero attached hydrogens (tertiary/aromatic N) is 17. The molecule has 49 heteroatoms. The Hall–Kier alpha value is -13.9. The predicted octanol–water partition coefficient (Wildman–Crippen LogP) is 11.9. The normalized spacial score (nSPS) is 12.3. The number of benzene rings is 3. The number of rotatable bonds is 26. The molecule has 0 saturated carbocycles. The largest absolute Gasteiger partial charge is 0.441 e. The van der Waals surface area contributed by atoms with Crippen molar-refractivity contribution in [2.45, 2.75) is 72.9 Å². The maximum atomic E-state index is 14.3. The fourth-order valence-electron chi connectivity index (χ4n) is 11.3. The number of amides is 4. The van der Waals surface area contributed by atoms with Gasteiger partial charge in [-0.25, -0.2) is 99.7 Å². The fourth-order valence-corrected chi connectivity index (χ4v) is 13.9. The van der Waals surface area contributed by atoms with Gasteiger partial charge in [-0.15, -0.1) is 20.4 Å². The highest BCUT2D eigenvalue weighted by atomic mass is 35.5. The van der Waals surface area contributed by atoms with Gasteiger partial charge in [0.25, 0.3) is 0 Å². The van der Waals surface area contributed by atoms with Gasteiger partial charge >= 0.3 is 24.4 Å². The summed E-state index contributed by atoms with van der Waals surface area (Å²) in [4.78, 5) is 70.8. The number of carbonyl (C=O) groups excluding carboxylic acids is 4. The van der Waals surface area contributed by atoms with Crippen LogP contribution in [0.5, 0.6) is 0 Å². The molecule has 12 aromatic rings. The first-order valence-electron chi connectivity index (χ1n) is 36.7. The van der Waals surface area contributed by atoms with Crippen LogP contribution in [-0.4, -0.2) is 181 Å². The van der Waals surface area contributed by atoms with Crippen LogP contribution in [0.15, 0.2) is 146 Å². The number of alkyl halides is 2. The van der Waals surface area contributed by atoms with E-state index in [1.807, 2.05) is 26.0 Å². The Balaban J connectivity index is 0.000000189. The summed E-state index contributed by atoms with van der Waals surface area (Å²) in [6.45, 7) is 10.1. The van der Waals surface area contributed by atoms with Crippen molar-refractivity contribution < 1.29 is 85.0 Å². The first kappa shape index (κ1) is 95.0. The number of sulfonamides is 4. The van der Waals surface area contributed by atoms with Crippen LogP contribution in [0.25, 0.3) is 45.6 Å². The molecule has 9 heterocycles. The lowest BCUT2D eigenvalue weighted by Crippen LogP contribution is -2.20. The van der Waals surface area contributed by atoms with Crippen LogP contribution in [0.1, 0.15) is 88.6 Å². The number of ether oxygens (including phenoxy) is 4. The maximum absolute atomic E-state index is 14.3. The summed E-state index contributed by atoms with van der Waals surface area (Å²) >= 11 is 6.03. The van der Waals surface area contributed by atoms with Gasteiger partial charge < -0.3 is 18.9 Å². The maximum Gasteiger partial charge on any atom is 0.413 e. The van der Waals surface area contributed by atoms with Crippen molar-refractivity contribution in [3.8, 4) is 45.6 Å². The van der Waals surface area contributed by atoms with E-state index in [2.05, 4.69) is 106 Å². The summed E-state index contributed by atoms with van der Waals surface area (Å²) < 4.78 is 168. The molecule has 8 N–H and O–H groups in total. The molecule has 0 fully saturated rings. The van der Waals surface area contributed by atoms with E-state index in [-0.39, 0.29) is 62.5 Å². The van der Waals surface area contributed by atoms with E-state index in [1.54, 1.807) is 142 Å². The molecule has 0 unspecified atom stereocenters. The van der Waals surface area contributed by atoms with Gasteiger partial charge in [-0.05, 0) is 120 Å². The third-order valence-corrected chi connectivity index (χ3v) is 19.8. The van der Waals surface area contributed by atoms with Crippen molar-refractivity contribution in [2.24, 2.45) is 28.2 Å². The van der Waals surface area contributed by atoms with Crippen molar-refractivity contribution >= 4 is 122 Å².